The lowest BCUT2D eigenvalue weighted by atomic mass is 10.1. The van der Waals surface area contributed by atoms with Crippen LogP contribution >= 0.6 is 0 Å². The molecule has 3 atom stereocenters. The Bertz CT molecular complexity index is 442. The predicted molar refractivity (Wildman–Crippen MR) is 73.0 cm³/mol. The van der Waals surface area contributed by atoms with Crippen molar-refractivity contribution in [3.63, 3.8) is 0 Å². The number of benzene rings is 1. The van der Waals surface area contributed by atoms with Gasteiger partial charge in [0.25, 0.3) is 0 Å². The Morgan fingerprint density at radius 2 is 2.17 bits per heavy atom. The number of allylic oxidation sites excluding steroid dienone is 1. The van der Waals surface area contributed by atoms with Gasteiger partial charge in [0, 0.05) is 19.6 Å². The van der Waals surface area contributed by atoms with E-state index in [0.717, 1.165) is 18.4 Å². The predicted octanol–water partition coefficient (Wildman–Crippen LogP) is 2.91. The highest BCUT2D eigenvalue weighted by atomic mass is 16.5. The summed E-state index contributed by atoms with van der Waals surface area (Å²) >= 11 is 0. The van der Waals surface area contributed by atoms with Crippen molar-refractivity contribution in [2.45, 2.75) is 13.5 Å². The molecule has 1 saturated carbocycles. The minimum absolute atomic E-state index is 0.490. The molecular weight excluding hydrogens is 222 g/mol. The first-order valence-corrected chi connectivity index (χ1v) is 6.70. The van der Waals surface area contributed by atoms with E-state index in [1.165, 1.54) is 18.7 Å². The Morgan fingerprint density at radius 1 is 1.39 bits per heavy atom. The van der Waals surface area contributed by atoms with E-state index in [0.29, 0.717) is 5.41 Å². The van der Waals surface area contributed by atoms with Crippen LogP contribution in [0.25, 0.3) is 0 Å². The van der Waals surface area contributed by atoms with Gasteiger partial charge >= 0.3 is 0 Å². The van der Waals surface area contributed by atoms with Crippen LogP contribution in [0.15, 0.2) is 42.7 Å². The number of hydrogen-bond donors (Lipinski definition) is 0. The lowest BCUT2D eigenvalue weighted by molar-refractivity contribution is 0.262. The molecule has 1 aliphatic heterocycles. The fourth-order valence-corrected chi connectivity index (χ4v) is 3.55. The second-order valence-corrected chi connectivity index (χ2v) is 5.86. The van der Waals surface area contributed by atoms with Crippen molar-refractivity contribution in [1.29, 1.82) is 0 Å². The third kappa shape index (κ3) is 1.95. The number of likely N-dealkylation sites (tertiary alicyclic amines) is 1. The molecule has 0 N–H and O–H groups in total. The average molecular weight is 243 g/mol. The number of fused-ring (bicyclic) bond motifs is 1. The Hall–Kier alpha value is -1.28. The lowest BCUT2D eigenvalue weighted by Crippen LogP contribution is -2.25. The van der Waals surface area contributed by atoms with Crippen LogP contribution in [0.1, 0.15) is 12.5 Å². The molecule has 2 heteroatoms. The summed E-state index contributed by atoms with van der Waals surface area (Å²) in [6.07, 6.45) is 4.08. The van der Waals surface area contributed by atoms with Gasteiger partial charge in [-0.25, -0.2) is 0 Å². The van der Waals surface area contributed by atoms with E-state index in [9.17, 15) is 0 Å². The molecule has 0 radical (unpaired) electrons. The number of methoxy groups -OCH3 is 1. The van der Waals surface area contributed by atoms with Crippen molar-refractivity contribution in [2.24, 2.45) is 17.3 Å². The van der Waals surface area contributed by atoms with Crippen LogP contribution in [0.5, 0.6) is 0 Å². The third-order valence-corrected chi connectivity index (χ3v) is 4.62. The summed E-state index contributed by atoms with van der Waals surface area (Å²) in [5.41, 5.74) is 1.91. The van der Waals surface area contributed by atoms with Gasteiger partial charge in [0.15, 0.2) is 0 Å². The van der Waals surface area contributed by atoms with Crippen molar-refractivity contribution in [2.75, 3.05) is 20.2 Å². The highest BCUT2D eigenvalue weighted by molar-refractivity contribution is 5.22. The maximum atomic E-state index is 5.03. The molecule has 1 aromatic carbocycles. The van der Waals surface area contributed by atoms with Gasteiger partial charge in [-0.1, -0.05) is 37.3 Å². The van der Waals surface area contributed by atoms with E-state index >= 15 is 0 Å². The number of ether oxygens (including phenoxy) is 1. The van der Waals surface area contributed by atoms with Gasteiger partial charge in [0.05, 0.1) is 13.4 Å². The molecule has 2 fully saturated rings. The van der Waals surface area contributed by atoms with Gasteiger partial charge in [0.2, 0.25) is 0 Å². The number of piperidine rings is 1. The highest BCUT2D eigenvalue weighted by Crippen LogP contribution is 2.63. The fourth-order valence-electron chi connectivity index (χ4n) is 3.55. The summed E-state index contributed by atoms with van der Waals surface area (Å²) in [5.74, 6) is 1.55. The van der Waals surface area contributed by atoms with Gasteiger partial charge in [-0.3, -0.25) is 4.90 Å². The van der Waals surface area contributed by atoms with E-state index in [1.807, 2.05) is 6.26 Å². The smallest absolute Gasteiger partial charge is 0.0787 e. The maximum Gasteiger partial charge on any atom is 0.0787 e. The molecule has 1 heterocycles. The Kier molecular flexibility index (Phi) is 2.90. The fraction of sp³-hybridized carbons (Fsp3) is 0.500. The Morgan fingerprint density at radius 3 is 2.78 bits per heavy atom. The van der Waals surface area contributed by atoms with Gasteiger partial charge in [0.1, 0.15) is 0 Å². The molecule has 0 amide bonds. The first-order valence-electron chi connectivity index (χ1n) is 6.70. The summed E-state index contributed by atoms with van der Waals surface area (Å²) in [7, 11) is 1.72. The lowest BCUT2D eigenvalue weighted by Gasteiger charge is -2.21. The molecule has 0 bridgehead atoms. The van der Waals surface area contributed by atoms with Gasteiger partial charge in [-0.2, -0.15) is 0 Å². The summed E-state index contributed by atoms with van der Waals surface area (Å²) < 4.78 is 5.03. The monoisotopic (exact) mass is 243 g/mol. The molecule has 18 heavy (non-hydrogen) atoms. The average Bonchev–Trinajstić information content (AvgIpc) is 2.74. The molecule has 3 rings (SSSR count). The molecule has 1 saturated heterocycles. The molecular formula is C16H21NO. The van der Waals surface area contributed by atoms with E-state index in [2.05, 4.69) is 48.2 Å². The van der Waals surface area contributed by atoms with Crippen LogP contribution in [0, 0.1) is 17.3 Å². The van der Waals surface area contributed by atoms with Crippen LogP contribution in [0.4, 0.5) is 0 Å². The van der Waals surface area contributed by atoms with Crippen LogP contribution < -0.4 is 0 Å². The van der Waals surface area contributed by atoms with E-state index in [1.54, 1.807) is 7.11 Å². The van der Waals surface area contributed by atoms with Crippen molar-refractivity contribution in [3.8, 4) is 0 Å². The molecule has 0 aromatic heterocycles. The van der Waals surface area contributed by atoms with Crippen molar-refractivity contribution < 1.29 is 4.74 Å². The zero-order valence-corrected chi connectivity index (χ0v) is 11.2. The topological polar surface area (TPSA) is 12.5 Å². The third-order valence-electron chi connectivity index (χ3n) is 4.62. The molecule has 1 aromatic rings. The first kappa shape index (κ1) is 11.8. The van der Waals surface area contributed by atoms with Gasteiger partial charge in [-0.15, -0.1) is 0 Å². The number of hydrogen-bond acceptors (Lipinski definition) is 2. The summed E-state index contributed by atoms with van der Waals surface area (Å²) in [6.45, 7) is 5.94. The SMILES string of the molecule is COC=CC1C2CN(Cc3ccccc3)CC12C. The molecule has 3 unspecified atom stereocenters. The summed E-state index contributed by atoms with van der Waals surface area (Å²) in [4.78, 5) is 2.58. The van der Waals surface area contributed by atoms with Crippen molar-refractivity contribution in [1.82, 2.24) is 4.90 Å². The molecule has 0 spiro atoms. The second kappa shape index (κ2) is 4.43. The zero-order valence-electron chi connectivity index (χ0n) is 11.2. The van der Waals surface area contributed by atoms with Crippen LogP contribution in [0.3, 0.4) is 0 Å². The van der Waals surface area contributed by atoms with Crippen LogP contribution in [0.2, 0.25) is 0 Å². The van der Waals surface area contributed by atoms with Crippen molar-refractivity contribution >= 4 is 0 Å². The van der Waals surface area contributed by atoms with E-state index < -0.39 is 0 Å². The molecule has 2 aliphatic rings. The van der Waals surface area contributed by atoms with E-state index in [4.69, 9.17) is 4.74 Å². The first-order chi connectivity index (χ1) is 8.74. The van der Waals surface area contributed by atoms with Crippen LogP contribution in [-0.4, -0.2) is 25.1 Å². The molecule has 96 valence electrons. The summed E-state index contributed by atoms with van der Waals surface area (Å²) in [5, 5.41) is 0. The highest BCUT2D eigenvalue weighted by Gasteiger charge is 2.64. The Labute approximate surface area is 109 Å². The van der Waals surface area contributed by atoms with E-state index in [-0.39, 0.29) is 0 Å². The minimum Gasteiger partial charge on any atom is -0.505 e. The minimum atomic E-state index is 0.490. The normalized spacial score (nSPS) is 34.8. The molecule has 2 nitrogen and oxygen atoms in total. The van der Waals surface area contributed by atoms with Gasteiger partial charge in [-0.05, 0) is 28.9 Å². The largest absolute Gasteiger partial charge is 0.505 e. The van der Waals surface area contributed by atoms with Crippen molar-refractivity contribution in [3.05, 3.63) is 48.2 Å². The standard InChI is InChI=1S/C16H21NO/c1-16-12-17(10-13-6-4-3-5-7-13)11-15(16)14(16)8-9-18-2/h3-9,14-15H,10-12H2,1-2H3. The Balaban J connectivity index is 1.58. The van der Waals surface area contributed by atoms with Crippen LogP contribution in [-0.2, 0) is 11.3 Å². The summed E-state index contributed by atoms with van der Waals surface area (Å²) in [6, 6.07) is 10.8. The maximum absolute atomic E-state index is 5.03. The zero-order chi connectivity index (χ0) is 12.6. The quantitative estimate of drug-likeness (QED) is 0.754. The number of nitrogens with zero attached hydrogens (tertiary/aromatic N) is 1. The molecule has 1 aliphatic carbocycles. The van der Waals surface area contributed by atoms with Gasteiger partial charge < -0.3 is 4.74 Å². The number of rotatable bonds is 4. The second-order valence-electron chi connectivity index (χ2n) is 5.86.